The quantitative estimate of drug-likeness (QED) is 0.834. The van der Waals surface area contributed by atoms with Crippen LogP contribution in [0.15, 0.2) is 53.0 Å². The van der Waals surface area contributed by atoms with Crippen LogP contribution in [-0.2, 0) is 13.1 Å². The Hall–Kier alpha value is -1.32. The smallest absolute Gasteiger partial charge is 0.138 e. The Morgan fingerprint density at radius 2 is 1.89 bits per heavy atom. The molecule has 2 aromatic rings. The summed E-state index contributed by atoms with van der Waals surface area (Å²) in [5, 5.41) is 0. The van der Waals surface area contributed by atoms with E-state index in [-0.39, 0.29) is 0 Å². The van der Waals surface area contributed by atoms with Crippen LogP contribution in [0.5, 0.6) is 5.75 Å². The number of hydrogen-bond acceptors (Lipinski definition) is 2. The summed E-state index contributed by atoms with van der Waals surface area (Å²) in [6.07, 6.45) is 0. The van der Waals surface area contributed by atoms with Crippen molar-refractivity contribution in [1.82, 2.24) is 4.90 Å². The summed E-state index contributed by atoms with van der Waals surface area (Å²) >= 11 is 3.56. The third kappa shape index (κ3) is 2.99. The van der Waals surface area contributed by atoms with Gasteiger partial charge in [0.25, 0.3) is 0 Å². The Balaban J connectivity index is 1.79. The summed E-state index contributed by atoms with van der Waals surface area (Å²) in [7, 11) is 0. The third-order valence-electron chi connectivity index (χ3n) is 3.35. The topological polar surface area (TPSA) is 12.5 Å². The average Bonchev–Trinajstić information content (AvgIpc) is 2.63. The largest absolute Gasteiger partial charge is 0.491 e. The van der Waals surface area contributed by atoms with Gasteiger partial charge in [-0.15, -0.1) is 0 Å². The molecule has 3 heteroatoms. The molecule has 0 unspecified atom stereocenters. The Morgan fingerprint density at radius 1 is 1.05 bits per heavy atom. The number of halogens is 1. The fourth-order valence-electron chi connectivity index (χ4n) is 2.41. The number of para-hydroxylation sites is 1. The number of hydrogen-bond donors (Lipinski definition) is 0. The van der Waals surface area contributed by atoms with Gasteiger partial charge >= 0.3 is 0 Å². The van der Waals surface area contributed by atoms with E-state index in [1.54, 1.807) is 0 Å². The Labute approximate surface area is 122 Å². The first-order valence-corrected chi connectivity index (χ1v) is 7.29. The highest BCUT2D eigenvalue weighted by molar-refractivity contribution is 9.10. The molecule has 0 aromatic heterocycles. The summed E-state index contributed by atoms with van der Waals surface area (Å²) in [6.45, 7) is 3.60. The van der Waals surface area contributed by atoms with E-state index in [0.717, 1.165) is 36.5 Å². The van der Waals surface area contributed by atoms with Crippen LogP contribution in [0, 0.1) is 0 Å². The molecule has 0 atom stereocenters. The van der Waals surface area contributed by atoms with Gasteiger partial charge in [-0.25, -0.2) is 0 Å². The van der Waals surface area contributed by atoms with E-state index in [4.69, 9.17) is 4.74 Å². The van der Waals surface area contributed by atoms with Gasteiger partial charge in [0, 0.05) is 25.2 Å². The molecule has 0 bridgehead atoms. The zero-order chi connectivity index (χ0) is 13.1. The van der Waals surface area contributed by atoms with Crippen molar-refractivity contribution in [1.29, 1.82) is 0 Å². The summed E-state index contributed by atoms with van der Waals surface area (Å²) in [4.78, 5) is 2.42. The highest BCUT2D eigenvalue weighted by atomic mass is 79.9. The van der Waals surface area contributed by atoms with Crippen LogP contribution in [0.2, 0.25) is 0 Å². The normalized spacial score (nSPS) is 15.4. The molecular formula is C16H16BrNO. The van der Waals surface area contributed by atoms with E-state index < -0.39 is 0 Å². The van der Waals surface area contributed by atoms with Gasteiger partial charge in [-0.2, -0.15) is 0 Å². The molecule has 98 valence electrons. The number of rotatable bonds is 2. The van der Waals surface area contributed by atoms with Crippen LogP contribution < -0.4 is 4.74 Å². The second kappa shape index (κ2) is 5.76. The van der Waals surface area contributed by atoms with Gasteiger partial charge in [-0.3, -0.25) is 4.90 Å². The summed E-state index contributed by atoms with van der Waals surface area (Å²) in [5.74, 6) is 0.998. The van der Waals surface area contributed by atoms with Gasteiger partial charge < -0.3 is 4.74 Å². The molecule has 0 saturated carbocycles. The molecule has 0 fully saturated rings. The van der Waals surface area contributed by atoms with Crippen molar-refractivity contribution in [3.05, 3.63) is 64.1 Å². The number of fused-ring (bicyclic) bond motifs is 1. The van der Waals surface area contributed by atoms with Gasteiger partial charge in [0.2, 0.25) is 0 Å². The van der Waals surface area contributed by atoms with E-state index in [9.17, 15) is 0 Å². The van der Waals surface area contributed by atoms with Gasteiger partial charge in [-0.1, -0.05) is 42.5 Å². The van der Waals surface area contributed by atoms with Crippen LogP contribution in [0.4, 0.5) is 0 Å². The first-order chi connectivity index (χ1) is 9.33. The van der Waals surface area contributed by atoms with Crippen LogP contribution in [0.1, 0.15) is 11.1 Å². The average molecular weight is 318 g/mol. The van der Waals surface area contributed by atoms with Crippen LogP contribution in [-0.4, -0.2) is 18.1 Å². The maximum Gasteiger partial charge on any atom is 0.138 e. The summed E-state index contributed by atoms with van der Waals surface area (Å²) in [5.41, 5.74) is 2.60. The highest BCUT2D eigenvalue weighted by Gasteiger charge is 2.17. The van der Waals surface area contributed by atoms with Crippen LogP contribution in [0.25, 0.3) is 0 Å². The van der Waals surface area contributed by atoms with Crippen molar-refractivity contribution in [2.24, 2.45) is 0 Å². The predicted octanol–water partition coefficient (Wildman–Crippen LogP) is 3.84. The molecule has 2 aromatic carbocycles. The fraction of sp³-hybridized carbons (Fsp3) is 0.250. The first kappa shape index (κ1) is 12.7. The zero-order valence-electron chi connectivity index (χ0n) is 10.7. The second-order valence-electron chi connectivity index (χ2n) is 4.77. The molecule has 3 rings (SSSR count). The molecule has 2 nitrogen and oxygen atoms in total. The van der Waals surface area contributed by atoms with E-state index >= 15 is 0 Å². The minimum Gasteiger partial charge on any atom is -0.491 e. The van der Waals surface area contributed by atoms with Crippen molar-refractivity contribution < 1.29 is 4.74 Å². The number of ether oxygens (including phenoxy) is 1. The SMILES string of the molecule is Brc1cccc2c1OCCN(Cc1ccccc1)C2. The minimum atomic E-state index is 0.739. The van der Waals surface area contributed by atoms with Gasteiger partial charge in [0.15, 0.2) is 0 Å². The lowest BCUT2D eigenvalue weighted by molar-refractivity contribution is 0.219. The van der Waals surface area contributed by atoms with Crippen molar-refractivity contribution in [3.8, 4) is 5.75 Å². The molecule has 19 heavy (non-hydrogen) atoms. The number of nitrogens with zero attached hydrogens (tertiary/aromatic N) is 1. The predicted molar refractivity (Wildman–Crippen MR) is 80.2 cm³/mol. The lowest BCUT2D eigenvalue weighted by Crippen LogP contribution is -2.25. The van der Waals surface area contributed by atoms with E-state index in [2.05, 4.69) is 63.3 Å². The van der Waals surface area contributed by atoms with Gasteiger partial charge in [0.05, 0.1) is 4.47 Å². The Bertz CT molecular complexity index is 556. The summed E-state index contributed by atoms with van der Waals surface area (Å²) in [6, 6.07) is 16.8. The Morgan fingerprint density at radius 3 is 2.74 bits per heavy atom. The molecule has 0 saturated heterocycles. The van der Waals surface area contributed by atoms with Crippen molar-refractivity contribution in [2.45, 2.75) is 13.1 Å². The zero-order valence-corrected chi connectivity index (χ0v) is 12.3. The van der Waals surface area contributed by atoms with Gasteiger partial charge in [-0.05, 0) is 27.6 Å². The first-order valence-electron chi connectivity index (χ1n) is 6.49. The fourth-order valence-corrected chi connectivity index (χ4v) is 2.93. The maximum absolute atomic E-state index is 5.86. The van der Waals surface area contributed by atoms with E-state index in [0.29, 0.717) is 0 Å². The number of benzene rings is 2. The molecule has 1 heterocycles. The van der Waals surface area contributed by atoms with Crippen LogP contribution in [0.3, 0.4) is 0 Å². The Kier molecular flexibility index (Phi) is 3.85. The molecule has 0 amide bonds. The van der Waals surface area contributed by atoms with Gasteiger partial charge in [0.1, 0.15) is 12.4 Å². The standard InChI is InChI=1S/C16H16BrNO/c17-15-8-4-7-14-12-18(9-10-19-16(14)15)11-13-5-2-1-3-6-13/h1-8H,9-12H2. The third-order valence-corrected chi connectivity index (χ3v) is 3.97. The molecule has 0 aliphatic carbocycles. The lowest BCUT2D eigenvalue weighted by Gasteiger charge is -2.19. The molecule has 0 N–H and O–H groups in total. The lowest BCUT2D eigenvalue weighted by atomic mass is 10.1. The molecular weight excluding hydrogens is 302 g/mol. The molecule has 0 radical (unpaired) electrons. The summed E-state index contributed by atoms with van der Waals surface area (Å²) < 4.78 is 6.91. The molecule has 1 aliphatic rings. The van der Waals surface area contributed by atoms with Crippen molar-refractivity contribution >= 4 is 15.9 Å². The van der Waals surface area contributed by atoms with Crippen molar-refractivity contribution in [3.63, 3.8) is 0 Å². The highest BCUT2D eigenvalue weighted by Crippen LogP contribution is 2.31. The monoisotopic (exact) mass is 317 g/mol. The molecule has 1 aliphatic heterocycles. The van der Waals surface area contributed by atoms with Crippen molar-refractivity contribution in [2.75, 3.05) is 13.2 Å². The maximum atomic E-state index is 5.86. The van der Waals surface area contributed by atoms with E-state index in [1.165, 1.54) is 11.1 Å². The second-order valence-corrected chi connectivity index (χ2v) is 5.63. The minimum absolute atomic E-state index is 0.739. The van der Waals surface area contributed by atoms with E-state index in [1.807, 2.05) is 6.07 Å². The van der Waals surface area contributed by atoms with Crippen LogP contribution >= 0.6 is 15.9 Å². The molecule has 0 spiro atoms.